The molecule has 164 valence electrons. The van der Waals surface area contributed by atoms with Gasteiger partial charge in [0.05, 0.1) is 5.71 Å². The normalized spacial score (nSPS) is 13.5. The number of allylic oxidation sites excluding steroid dienone is 2. The van der Waals surface area contributed by atoms with E-state index in [1.165, 1.54) is 5.57 Å². The van der Waals surface area contributed by atoms with Crippen molar-refractivity contribution in [1.82, 2.24) is 0 Å². The molecular weight excluding hydrogens is 456 g/mol. The highest BCUT2D eigenvalue weighted by Crippen LogP contribution is 2.31. The molecule has 1 N–H and O–H groups in total. The van der Waals surface area contributed by atoms with Gasteiger partial charge in [0, 0.05) is 38.5 Å². The number of hydrogen-bond acceptors (Lipinski definition) is 2. The Bertz CT molecular complexity index is 1140. The fourth-order valence-corrected chi connectivity index (χ4v) is 4.36. The Morgan fingerprint density at radius 1 is 0.844 bits per heavy atom. The second kappa shape index (κ2) is 11.2. The fourth-order valence-electron chi connectivity index (χ4n) is 3.86. The summed E-state index contributed by atoms with van der Waals surface area (Å²) in [5.74, 6) is -0.0321. The van der Waals surface area contributed by atoms with Gasteiger partial charge in [-0.3, -0.25) is 4.99 Å². The lowest BCUT2D eigenvalue weighted by atomic mass is 9.83. The Morgan fingerprint density at radius 2 is 1.44 bits per heavy atom. The van der Waals surface area contributed by atoms with Crippen molar-refractivity contribution in [1.29, 1.82) is 5.41 Å². The first-order valence-corrected chi connectivity index (χ1v) is 12.0. The fraction of sp³-hybridized carbons (Fsp3) is 0.241. The molecule has 3 rings (SSSR count). The van der Waals surface area contributed by atoms with Crippen molar-refractivity contribution in [2.75, 3.05) is 0 Å². The van der Waals surface area contributed by atoms with E-state index in [0.717, 1.165) is 51.0 Å². The van der Waals surface area contributed by atoms with Gasteiger partial charge in [-0.05, 0) is 38.3 Å². The molecule has 0 saturated heterocycles. The molecular formula is C29H31BrN2. The maximum atomic E-state index is 9.07. The van der Waals surface area contributed by atoms with Crippen LogP contribution >= 0.6 is 15.9 Å². The Morgan fingerprint density at radius 3 is 2.06 bits per heavy atom. The molecule has 0 aliphatic carbocycles. The van der Waals surface area contributed by atoms with Crippen LogP contribution in [0.25, 0.3) is 0 Å². The molecule has 0 aromatic heterocycles. The van der Waals surface area contributed by atoms with Gasteiger partial charge in [-0.2, -0.15) is 0 Å². The summed E-state index contributed by atoms with van der Waals surface area (Å²) >= 11 is 3.64. The molecule has 1 unspecified atom stereocenters. The second-order valence-electron chi connectivity index (χ2n) is 7.99. The highest BCUT2D eigenvalue weighted by molar-refractivity contribution is 9.10. The molecule has 0 fully saturated rings. The van der Waals surface area contributed by atoms with E-state index in [1.807, 2.05) is 30.3 Å². The van der Waals surface area contributed by atoms with Crippen molar-refractivity contribution >= 4 is 27.4 Å². The topological polar surface area (TPSA) is 36.2 Å². The molecule has 1 atom stereocenters. The average molecular weight is 487 g/mol. The predicted octanol–water partition coefficient (Wildman–Crippen LogP) is 8.55. The summed E-state index contributed by atoms with van der Waals surface area (Å²) in [4.78, 5) is 5.13. The minimum Gasteiger partial charge on any atom is -0.304 e. The van der Waals surface area contributed by atoms with E-state index in [4.69, 9.17) is 10.4 Å². The Balaban J connectivity index is 2.20. The monoisotopic (exact) mass is 486 g/mol. The lowest BCUT2D eigenvalue weighted by Gasteiger charge is -2.22. The number of benzene rings is 3. The second-order valence-corrected chi connectivity index (χ2v) is 8.84. The van der Waals surface area contributed by atoms with Crippen LogP contribution in [-0.4, -0.2) is 11.4 Å². The molecule has 0 amide bonds. The molecule has 0 spiro atoms. The van der Waals surface area contributed by atoms with Gasteiger partial charge in [0.1, 0.15) is 0 Å². The van der Waals surface area contributed by atoms with Gasteiger partial charge in [0.15, 0.2) is 0 Å². The first-order valence-electron chi connectivity index (χ1n) is 11.2. The van der Waals surface area contributed by atoms with Crippen molar-refractivity contribution in [3.8, 4) is 0 Å². The van der Waals surface area contributed by atoms with E-state index in [2.05, 4.69) is 92.2 Å². The van der Waals surface area contributed by atoms with Crippen LogP contribution in [0, 0.1) is 5.41 Å². The van der Waals surface area contributed by atoms with Gasteiger partial charge in [-0.1, -0.05) is 108 Å². The van der Waals surface area contributed by atoms with Crippen molar-refractivity contribution in [2.45, 2.75) is 46.5 Å². The Hall–Kier alpha value is -2.78. The van der Waals surface area contributed by atoms with Crippen LogP contribution in [0.5, 0.6) is 0 Å². The van der Waals surface area contributed by atoms with Gasteiger partial charge in [0.2, 0.25) is 0 Å². The van der Waals surface area contributed by atoms with Crippen LogP contribution in [-0.2, 0) is 0 Å². The smallest absolute Gasteiger partial charge is 0.0780 e. The average Bonchev–Trinajstić information content (AvgIpc) is 2.83. The Kier molecular flexibility index (Phi) is 8.35. The van der Waals surface area contributed by atoms with Crippen LogP contribution in [0.1, 0.15) is 68.7 Å². The summed E-state index contributed by atoms with van der Waals surface area (Å²) < 4.78 is 0.954. The summed E-state index contributed by atoms with van der Waals surface area (Å²) in [5.41, 5.74) is 8.17. The summed E-state index contributed by atoms with van der Waals surface area (Å²) in [6.45, 7) is 8.55. The molecule has 0 aliphatic rings. The van der Waals surface area contributed by atoms with Crippen molar-refractivity contribution < 1.29 is 0 Å². The maximum Gasteiger partial charge on any atom is 0.0780 e. The molecule has 3 aromatic rings. The number of halogens is 1. The third-order valence-electron chi connectivity index (χ3n) is 5.99. The number of hydrogen-bond donors (Lipinski definition) is 1. The van der Waals surface area contributed by atoms with E-state index in [0.29, 0.717) is 5.71 Å². The molecule has 0 bridgehead atoms. The van der Waals surface area contributed by atoms with E-state index in [1.54, 1.807) is 0 Å². The number of nitrogens with one attached hydrogen (secondary N) is 1. The van der Waals surface area contributed by atoms with Crippen LogP contribution in [0.4, 0.5) is 0 Å². The van der Waals surface area contributed by atoms with Gasteiger partial charge >= 0.3 is 0 Å². The first-order chi connectivity index (χ1) is 15.5. The van der Waals surface area contributed by atoms with Gasteiger partial charge < -0.3 is 5.41 Å². The first kappa shape index (κ1) is 23.9. The summed E-state index contributed by atoms with van der Waals surface area (Å²) in [5, 5.41) is 9.07. The maximum absolute atomic E-state index is 9.07. The summed E-state index contributed by atoms with van der Waals surface area (Å²) in [6.07, 6.45) is 1.81. The van der Waals surface area contributed by atoms with Crippen molar-refractivity contribution in [3.05, 3.63) is 117 Å². The highest BCUT2D eigenvalue weighted by atomic mass is 79.9. The Labute approximate surface area is 200 Å². The molecule has 0 saturated carbocycles. The van der Waals surface area contributed by atoms with E-state index in [-0.39, 0.29) is 5.92 Å². The van der Waals surface area contributed by atoms with Crippen molar-refractivity contribution in [3.63, 3.8) is 0 Å². The molecule has 3 heteroatoms. The molecule has 32 heavy (non-hydrogen) atoms. The van der Waals surface area contributed by atoms with Gasteiger partial charge in [-0.25, -0.2) is 0 Å². The van der Waals surface area contributed by atoms with Crippen LogP contribution in [0.3, 0.4) is 0 Å². The lowest BCUT2D eigenvalue weighted by Crippen LogP contribution is -2.17. The summed E-state index contributed by atoms with van der Waals surface area (Å²) in [6, 6.07) is 26.8. The quantitative estimate of drug-likeness (QED) is 0.309. The number of aliphatic imine (C=N–C) groups is 1. The van der Waals surface area contributed by atoms with Crippen LogP contribution in [0.15, 0.2) is 99.6 Å². The standard InChI is InChI=1S/C29H31BrN2/c1-5-20(3)21(4)32-29(22-14-8-7-9-15-22)25-17-11-10-16-24(25)23(6-2)28(31)26-18-12-13-19-27(26)30/h7-19,23,31H,5-6H2,1-4H3/b21-20-,31-28?,32-29-. The van der Waals surface area contributed by atoms with Crippen LogP contribution in [0.2, 0.25) is 0 Å². The zero-order valence-electron chi connectivity index (χ0n) is 19.3. The van der Waals surface area contributed by atoms with E-state index < -0.39 is 0 Å². The third-order valence-corrected chi connectivity index (χ3v) is 6.68. The zero-order chi connectivity index (χ0) is 23.1. The van der Waals surface area contributed by atoms with Gasteiger partial charge in [0.25, 0.3) is 0 Å². The number of nitrogens with zero attached hydrogens (tertiary/aromatic N) is 1. The molecule has 0 heterocycles. The van der Waals surface area contributed by atoms with Gasteiger partial charge in [-0.15, -0.1) is 0 Å². The van der Waals surface area contributed by atoms with E-state index >= 15 is 0 Å². The third kappa shape index (κ3) is 5.34. The van der Waals surface area contributed by atoms with Crippen LogP contribution < -0.4 is 0 Å². The lowest BCUT2D eigenvalue weighted by molar-refractivity contribution is 0.837. The summed E-state index contributed by atoms with van der Waals surface area (Å²) in [7, 11) is 0. The predicted molar refractivity (Wildman–Crippen MR) is 141 cm³/mol. The zero-order valence-corrected chi connectivity index (χ0v) is 20.9. The molecule has 2 nitrogen and oxygen atoms in total. The highest BCUT2D eigenvalue weighted by Gasteiger charge is 2.23. The molecule has 3 aromatic carbocycles. The minimum absolute atomic E-state index is 0.0321. The minimum atomic E-state index is -0.0321. The molecule has 0 aliphatic heterocycles. The van der Waals surface area contributed by atoms with E-state index in [9.17, 15) is 0 Å². The molecule has 0 radical (unpaired) electrons. The van der Waals surface area contributed by atoms with Crippen molar-refractivity contribution in [2.24, 2.45) is 4.99 Å². The largest absolute Gasteiger partial charge is 0.304 e. The SMILES string of the molecule is CC/C(C)=C(C)\N=C(\c1ccccc1)c1ccccc1C(CC)C(=N)c1ccccc1Br. The number of rotatable bonds is 8.